The molecule has 1 aliphatic rings. The first-order chi connectivity index (χ1) is 9.02. The Morgan fingerprint density at radius 3 is 2.37 bits per heavy atom. The quantitative estimate of drug-likeness (QED) is 0.770. The van der Waals surface area contributed by atoms with Crippen LogP contribution in [0.4, 0.5) is 0 Å². The molecule has 0 amide bonds. The molecule has 1 fully saturated rings. The Bertz CT molecular complexity index is 253. The number of piperazine rings is 1. The molecule has 1 N–H and O–H groups in total. The van der Waals surface area contributed by atoms with E-state index >= 15 is 0 Å². The van der Waals surface area contributed by atoms with Gasteiger partial charge in [0, 0.05) is 38.3 Å². The van der Waals surface area contributed by atoms with Crippen molar-refractivity contribution in [1.82, 2.24) is 10.2 Å². The van der Waals surface area contributed by atoms with E-state index in [-0.39, 0.29) is 0 Å². The Morgan fingerprint density at radius 2 is 1.89 bits per heavy atom. The lowest BCUT2D eigenvalue weighted by atomic mass is 9.84. The molecule has 0 spiro atoms. The smallest absolute Gasteiger partial charge is 0.0670 e. The first kappa shape index (κ1) is 16.9. The summed E-state index contributed by atoms with van der Waals surface area (Å²) in [6, 6.07) is 0.625. The van der Waals surface area contributed by atoms with Gasteiger partial charge in [-0.05, 0) is 25.7 Å². The van der Waals surface area contributed by atoms with Crippen LogP contribution in [0.1, 0.15) is 53.9 Å². The van der Waals surface area contributed by atoms with Crippen LogP contribution in [0.3, 0.4) is 0 Å². The minimum atomic E-state index is 0.313. The van der Waals surface area contributed by atoms with Crippen LogP contribution in [0.15, 0.2) is 0 Å². The maximum atomic E-state index is 5.50. The van der Waals surface area contributed by atoms with Crippen LogP contribution in [0, 0.1) is 5.92 Å². The summed E-state index contributed by atoms with van der Waals surface area (Å²) in [4.78, 5) is 2.69. The average Bonchev–Trinajstić information content (AvgIpc) is 2.46. The van der Waals surface area contributed by atoms with Crippen molar-refractivity contribution in [3.8, 4) is 0 Å². The van der Waals surface area contributed by atoms with Gasteiger partial charge in [0.2, 0.25) is 0 Å². The highest BCUT2D eigenvalue weighted by Gasteiger charge is 2.40. The molecule has 0 aromatic rings. The molecule has 0 radical (unpaired) electrons. The maximum Gasteiger partial charge on any atom is 0.0670 e. The molecular formula is C16H34N2O. The highest BCUT2D eigenvalue weighted by atomic mass is 16.5. The zero-order valence-electron chi connectivity index (χ0n) is 13.8. The third kappa shape index (κ3) is 3.93. The number of nitrogens with zero attached hydrogens (tertiary/aromatic N) is 1. The predicted molar refractivity (Wildman–Crippen MR) is 82.6 cm³/mol. The van der Waals surface area contributed by atoms with E-state index in [0.717, 1.165) is 25.6 Å². The second kappa shape index (κ2) is 7.61. The van der Waals surface area contributed by atoms with Gasteiger partial charge in [0.1, 0.15) is 0 Å². The molecule has 3 atom stereocenters. The van der Waals surface area contributed by atoms with Gasteiger partial charge in [0.25, 0.3) is 0 Å². The van der Waals surface area contributed by atoms with Crippen LogP contribution in [0.2, 0.25) is 0 Å². The van der Waals surface area contributed by atoms with Crippen molar-refractivity contribution >= 4 is 0 Å². The van der Waals surface area contributed by atoms with E-state index in [1.54, 1.807) is 0 Å². The number of nitrogens with one attached hydrogen (secondary N) is 1. The summed E-state index contributed by atoms with van der Waals surface area (Å²) in [5.41, 5.74) is 0.316. The number of hydrogen-bond donors (Lipinski definition) is 1. The Kier molecular flexibility index (Phi) is 6.78. The molecule has 1 rings (SSSR count). The third-order valence-corrected chi connectivity index (χ3v) is 5.31. The molecule has 0 aliphatic carbocycles. The van der Waals surface area contributed by atoms with Crippen molar-refractivity contribution in [1.29, 1.82) is 0 Å². The van der Waals surface area contributed by atoms with Crippen LogP contribution in [0.25, 0.3) is 0 Å². The lowest BCUT2D eigenvalue weighted by Gasteiger charge is -2.51. The third-order valence-electron chi connectivity index (χ3n) is 5.31. The monoisotopic (exact) mass is 270 g/mol. The zero-order chi connectivity index (χ0) is 14.5. The molecule has 19 heavy (non-hydrogen) atoms. The van der Waals surface area contributed by atoms with E-state index in [2.05, 4.69) is 44.8 Å². The molecule has 1 saturated heterocycles. The van der Waals surface area contributed by atoms with Crippen molar-refractivity contribution in [3.05, 3.63) is 0 Å². The van der Waals surface area contributed by atoms with Crippen LogP contribution < -0.4 is 5.32 Å². The Labute approximate surface area is 120 Å². The van der Waals surface area contributed by atoms with Crippen molar-refractivity contribution in [2.24, 2.45) is 5.92 Å². The number of methoxy groups -OCH3 is 1. The molecule has 1 aliphatic heterocycles. The van der Waals surface area contributed by atoms with Gasteiger partial charge in [0.05, 0.1) is 6.10 Å². The first-order valence-corrected chi connectivity index (χ1v) is 8.04. The molecule has 3 nitrogen and oxygen atoms in total. The summed E-state index contributed by atoms with van der Waals surface area (Å²) in [6.07, 6.45) is 3.98. The van der Waals surface area contributed by atoms with Gasteiger partial charge in [-0.3, -0.25) is 4.90 Å². The number of rotatable bonds is 7. The molecule has 0 bridgehead atoms. The summed E-state index contributed by atoms with van der Waals surface area (Å²) < 4.78 is 5.50. The van der Waals surface area contributed by atoms with Crippen LogP contribution in [-0.2, 0) is 4.74 Å². The summed E-state index contributed by atoms with van der Waals surface area (Å²) in [5.74, 6) is 0.743. The summed E-state index contributed by atoms with van der Waals surface area (Å²) in [6.45, 7) is 14.8. The van der Waals surface area contributed by atoms with Crippen molar-refractivity contribution < 1.29 is 4.74 Å². The van der Waals surface area contributed by atoms with Gasteiger partial charge in [-0.2, -0.15) is 0 Å². The second-order valence-electron chi connectivity index (χ2n) is 6.26. The van der Waals surface area contributed by atoms with E-state index < -0.39 is 0 Å². The highest BCUT2D eigenvalue weighted by molar-refractivity contribution is 4.98. The molecule has 3 heteroatoms. The van der Waals surface area contributed by atoms with Crippen molar-refractivity contribution in [2.75, 3.05) is 26.7 Å². The molecule has 1 heterocycles. The molecule has 0 aromatic carbocycles. The largest absolute Gasteiger partial charge is 0.380 e. The van der Waals surface area contributed by atoms with E-state index in [0.29, 0.717) is 17.7 Å². The predicted octanol–water partition coefficient (Wildman–Crippen LogP) is 2.90. The molecule has 3 unspecified atom stereocenters. The van der Waals surface area contributed by atoms with E-state index in [9.17, 15) is 0 Å². The van der Waals surface area contributed by atoms with Crippen LogP contribution in [0.5, 0.6) is 0 Å². The fourth-order valence-corrected chi connectivity index (χ4v) is 3.19. The topological polar surface area (TPSA) is 24.5 Å². The van der Waals surface area contributed by atoms with E-state index in [1.165, 1.54) is 19.3 Å². The van der Waals surface area contributed by atoms with Gasteiger partial charge in [-0.15, -0.1) is 0 Å². The minimum absolute atomic E-state index is 0.313. The summed E-state index contributed by atoms with van der Waals surface area (Å²) in [7, 11) is 1.82. The number of ether oxygens (including phenoxy) is 1. The van der Waals surface area contributed by atoms with Crippen molar-refractivity contribution in [2.45, 2.75) is 71.6 Å². The van der Waals surface area contributed by atoms with E-state index in [1.807, 2.05) is 7.11 Å². The minimum Gasteiger partial charge on any atom is -0.380 e. The molecule has 114 valence electrons. The molecular weight excluding hydrogens is 236 g/mol. The lowest BCUT2D eigenvalue weighted by Crippen LogP contribution is -2.66. The van der Waals surface area contributed by atoms with Gasteiger partial charge >= 0.3 is 0 Å². The first-order valence-electron chi connectivity index (χ1n) is 8.04. The van der Waals surface area contributed by atoms with Crippen molar-refractivity contribution in [3.63, 3.8) is 0 Å². The van der Waals surface area contributed by atoms with Crippen LogP contribution >= 0.6 is 0 Å². The van der Waals surface area contributed by atoms with Crippen LogP contribution in [-0.4, -0.2) is 49.3 Å². The lowest BCUT2D eigenvalue weighted by molar-refractivity contribution is -0.0189. The standard InChI is InChI=1S/C16H34N2O/c1-7-13(4)15-11-18(10-14(5)19-6)16(8-2,9-3)12-17-15/h13-15,17H,7-12H2,1-6H3. The van der Waals surface area contributed by atoms with Gasteiger partial charge in [-0.1, -0.05) is 34.1 Å². The molecule has 0 saturated carbocycles. The SMILES string of the molecule is CCC(C)C1CN(CC(C)OC)C(CC)(CC)CN1. The normalized spacial score (nSPS) is 27.2. The van der Waals surface area contributed by atoms with Gasteiger partial charge < -0.3 is 10.1 Å². The Hall–Kier alpha value is -0.120. The van der Waals surface area contributed by atoms with E-state index in [4.69, 9.17) is 4.74 Å². The fraction of sp³-hybridized carbons (Fsp3) is 1.00. The zero-order valence-corrected chi connectivity index (χ0v) is 13.8. The highest BCUT2D eigenvalue weighted by Crippen LogP contribution is 2.29. The fourth-order valence-electron chi connectivity index (χ4n) is 3.19. The average molecular weight is 270 g/mol. The Morgan fingerprint density at radius 1 is 1.26 bits per heavy atom. The van der Waals surface area contributed by atoms with Gasteiger partial charge in [-0.25, -0.2) is 0 Å². The molecule has 0 aromatic heterocycles. The summed E-state index contributed by atoms with van der Waals surface area (Å²) >= 11 is 0. The number of hydrogen-bond acceptors (Lipinski definition) is 3. The summed E-state index contributed by atoms with van der Waals surface area (Å²) in [5, 5.41) is 3.80. The van der Waals surface area contributed by atoms with Gasteiger partial charge in [0.15, 0.2) is 0 Å². The second-order valence-corrected chi connectivity index (χ2v) is 6.26. The maximum absolute atomic E-state index is 5.50. The Balaban J connectivity index is 2.79.